The SMILES string of the molecule is CCCCCCCc1ccc([C@H]2CC[C@H]([C@H]3CC[C@@](CCC=CC=CC#N)(OC)CC3)CC2)cc1. The predicted molar refractivity (Wildman–Crippen MR) is 148 cm³/mol. The number of hydrogen-bond donors (Lipinski definition) is 0. The van der Waals surface area contributed by atoms with Gasteiger partial charge >= 0.3 is 0 Å². The lowest BCUT2D eigenvalue weighted by Gasteiger charge is -2.43. The molecule has 3 rings (SSSR count). The average molecular weight is 476 g/mol. The number of allylic oxidation sites excluding steroid dienone is 4. The molecule has 2 nitrogen and oxygen atoms in total. The van der Waals surface area contributed by atoms with Gasteiger partial charge in [-0.2, -0.15) is 5.26 Å². The number of nitriles is 1. The number of methoxy groups -OCH3 is 1. The van der Waals surface area contributed by atoms with Gasteiger partial charge in [-0.1, -0.05) is 75.1 Å². The lowest BCUT2D eigenvalue weighted by atomic mass is 9.66. The van der Waals surface area contributed by atoms with Crippen molar-refractivity contribution in [1.29, 1.82) is 5.26 Å². The fourth-order valence-electron chi connectivity index (χ4n) is 6.63. The molecule has 2 fully saturated rings. The molecule has 1 aromatic rings. The minimum Gasteiger partial charge on any atom is -0.378 e. The third-order valence-electron chi connectivity index (χ3n) is 9.02. The maximum absolute atomic E-state index is 8.58. The molecule has 0 atom stereocenters. The molecule has 0 bridgehead atoms. The number of benzene rings is 1. The second-order valence-corrected chi connectivity index (χ2v) is 11.2. The van der Waals surface area contributed by atoms with Crippen molar-refractivity contribution in [3.8, 4) is 6.07 Å². The van der Waals surface area contributed by atoms with Crippen LogP contribution in [-0.4, -0.2) is 12.7 Å². The Kier molecular flexibility index (Phi) is 12.1. The largest absolute Gasteiger partial charge is 0.378 e. The van der Waals surface area contributed by atoms with Gasteiger partial charge in [0.1, 0.15) is 0 Å². The molecule has 2 aliphatic rings. The first kappa shape index (κ1) is 27.7. The smallest absolute Gasteiger partial charge is 0.0912 e. The molecule has 192 valence electrons. The van der Waals surface area contributed by atoms with Crippen LogP contribution >= 0.6 is 0 Å². The molecule has 0 aliphatic heterocycles. The van der Waals surface area contributed by atoms with Crippen molar-refractivity contribution in [1.82, 2.24) is 0 Å². The van der Waals surface area contributed by atoms with E-state index in [9.17, 15) is 0 Å². The van der Waals surface area contributed by atoms with Crippen LogP contribution in [0.15, 0.2) is 48.6 Å². The summed E-state index contributed by atoms with van der Waals surface area (Å²) in [6.07, 6.45) is 28.3. The maximum atomic E-state index is 8.58. The Morgan fingerprint density at radius 2 is 1.60 bits per heavy atom. The van der Waals surface area contributed by atoms with Crippen LogP contribution in [0.1, 0.15) is 120 Å². The van der Waals surface area contributed by atoms with E-state index in [1.54, 1.807) is 5.56 Å². The van der Waals surface area contributed by atoms with Crippen LogP contribution in [0, 0.1) is 23.2 Å². The molecule has 0 saturated heterocycles. The van der Waals surface area contributed by atoms with E-state index in [-0.39, 0.29) is 5.60 Å². The molecule has 0 aromatic heterocycles. The average Bonchev–Trinajstić information content (AvgIpc) is 2.91. The van der Waals surface area contributed by atoms with Crippen LogP contribution in [0.5, 0.6) is 0 Å². The minimum atomic E-state index is 0.0642. The van der Waals surface area contributed by atoms with Crippen LogP contribution in [-0.2, 0) is 11.2 Å². The number of nitrogens with zero attached hydrogens (tertiary/aromatic N) is 1. The van der Waals surface area contributed by atoms with Crippen molar-refractivity contribution in [3.63, 3.8) is 0 Å². The second kappa shape index (κ2) is 15.3. The van der Waals surface area contributed by atoms with Gasteiger partial charge in [-0.3, -0.25) is 0 Å². The van der Waals surface area contributed by atoms with Gasteiger partial charge in [0.15, 0.2) is 0 Å². The molecule has 0 N–H and O–H groups in total. The fourth-order valence-corrected chi connectivity index (χ4v) is 6.63. The lowest BCUT2D eigenvalue weighted by Crippen LogP contribution is -2.38. The summed E-state index contributed by atoms with van der Waals surface area (Å²) in [5, 5.41) is 8.58. The van der Waals surface area contributed by atoms with E-state index in [1.807, 2.05) is 25.3 Å². The zero-order valence-electron chi connectivity index (χ0n) is 22.5. The predicted octanol–water partition coefficient (Wildman–Crippen LogP) is 9.46. The third-order valence-corrected chi connectivity index (χ3v) is 9.02. The van der Waals surface area contributed by atoms with Crippen molar-refractivity contribution >= 4 is 0 Å². The Hall–Kier alpha value is -1.85. The molecule has 0 heterocycles. The van der Waals surface area contributed by atoms with Crippen molar-refractivity contribution in [2.75, 3.05) is 7.11 Å². The van der Waals surface area contributed by atoms with Gasteiger partial charge in [0.2, 0.25) is 0 Å². The van der Waals surface area contributed by atoms with Gasteiger partial charge in [0.05, 0.1) is 11.7 Å². The van der Waals surface area contributed by atoms with Crippen molar-refractivity contribution < 1.29 is 4.74 Å². The quantitative estimate of drug-likeness (QED) is 0.162. The molecule has 1 aromatic carbocycles. The monoisotopic (exact) mass is 475 g/mol. The molecule has 35 heavy (non-hydrogen) atoms. The summed E-state index contributed by atoms with van der Waals surface area (Å²) < 4.78 is 6.06. The molecule has 0 radical (unpaired) electrons. The summed E-state index contributed by atoms with van der Waals surface area (Å²) in [6, 6.07) is 11.7. The van der Waals surface area contributed by atoms with Crippen LogP contribution in [0.2, 0.25) is 0 Å². The fraction of sp³-hybridized carbons (Fsp3) is 0.667. The van der Waals surface area contributed by atoms with Crippen LogP contribution < -0.4 is 0 Å². The zero-order valence-corrected chi connectivity index (χ0v) is 22.5. The summed E-state index contributed by atoms with van der Waals surface area (Å²) in [7, 11) is 1.91. The van der Waals surface area contributed by atoms with Gasteiger partial charge in [-0.05, 0) is 106 Å². The van der Waals surface area contributed by atoms with Crippen molar-refractivity contribution in [3.05, 3.63) is 59.7 Å². The Balaban J connectivity index is 1.38. The van der Waals surface area contributed by atoms with Gasteiger partial charge < -0.3 is 4.74 Å². The van der Waals surface area contributed by atoms with E-state index < -0.39 is 0 Å². The number of aryl methyl sites for hydroxylation is 1. The summed E-state index contributed by atoms with van der Waals surface area (Å²) >= 11 is 0. The topological polar surface area (TPSA) is 33.0 Å². The highest BCUT2D eigenvalue weighted by Crippen LogP contribution is 2.46. The Morgan fingerprint density at radius 3 is 2.26 bits per heavy atom. The summed E-state index contributed by atoms with van der Waals surface area (Å²) in [5.74, 6) is 2.58. The van der Waals surface area contributed by atoms with E-state index in [2.05, 4.69) is 37.3 Å². The normalized spacial score (nSPS) is 27.4. The van der Waals surface area contributed by atoms with Crippen molar-refractivity contribution in [2.45, 2.75) is 121 Å². The van der Waals surface area contributed by atoms with Crippen LogP contribution in [0.25, 0.3) is 0 Å². The summed E-state index contributed by atoms with van der Waals surface area (Å²) in [6.45, 7) is 2.29. The highest BCUT2D eigenvalue weighted by Gasteiger charge is 2.38. The van der Waals surface area contributed by atoms with E-state index in [1.165, 1.54) is 102 Å². The van der Waals surface area contributed by atoms with Crippen molar-refractivity contribution in [2.24, 2.45) is 11.8 Å². The van der Waals surface area contributed by atoms with E-state index in [0.29, 0.717) is 0 Å². The molecule has 0 spiro atoms. The maximum Gasteiger partial charge on any atom is 0.0912 e. The second-order valence-electron chi connectivity index (χ2n) is 11.2. The molecule has 0 amide bonds. The summed E-state index contributed by atoms with van der Waals surface area (Å²) in [5.41, 5.74) is 3.17. The van der Waals surface area contributed by atoms with Crippen LogP contribution in [0.4, 0.5) is 0 Å². The summed E-state index contributed by atoms with van der Waals surface area (Å²) in [4.78, 5) is 0. The Morgan fingerprint density at radius 1 is 0.914 bits per heavy atom. The zero-order chi connectivity index (χ0) is 24.8. The Labute approximate surface area is 215 Å². The molecule has 2 aliphatic carbocycles. The highest BCUT2D eigenvalue weighted by atomic mass is 16.5. The number of hydrogen-bond acceptors (Lipinski definition) is 2. The van der Waals surface area contributed by atoms with Gasteiger partial charge in [0.25, 0.3) is 0 Å². The molecular weight excluding hydrogens is 426 g/mol. The third kappa shape index (κ3) is 8.95. The van der Waals surface area contributed by atoms with E-state index in [4.69, 9.17) is 10.00 Å². The molecule has 2 heteroatoms. The van der Waals surface area contributed by atoms with E-state index >= 15 is 0 Å². The van der Waals surface area contributed by atoms with Crippen LogP contribution in [0.3, 0.4) is 0 Å². The minimum absolute atomic E-state index is 0.0642. The van der Waals surface area contributed by atoms with Gasteiger partial charge in [-0.15, -0.1) is 0 Å². The first-order valence-electron chi connectivity index (χ1n) is 14.5. The number of unbranched alkanes of at least 4 members (excludes halogenated alkanes) is 4. The lowest BCUT2D eigenvalue weighted by molar-refractivity contribution is -0.0614. The highest BCUT2D eigenvalue weighted by molar-refractivity contribution is 5.26. The van der Waals surface area contributed by atoms with Gasteiger partial charge in [0, 0.05) is 13.2 Å². The first-order chi connectivity index (χ1) is 17.2. The number of ether oxygens (including phenoxy) is 1. The molecule has 2 saturated carbocycles. The Bertz CT molecular complexity index is 798. The molecular formula is C33H49NO. The standard InChI is InChI=1S/C33H49NO/c1-3-4-5-7-10-13-28-14-16-29(17-15-28)30-18-20-31(21-19-30)32-22-25-33(35-2,26-23-32)24-11-8-6-9-12-27-34/h6,8-9,12,14-17,30-32H,3-5,7,10-11,13,18-26H2,1-2H3/t30-,31-,32-,33+. The van der Waals surface area contributed by atoms with E-state index in [0.717, 1.165) is 30.6 Å². The van der Waals surface area contributed by atoms with Gasteiger partial charge in [-0.25, -0.2) is 0 Å². The first-order valence-corrected chi connectivity index (χ1v) is 14.5. The molecule has 0 unspecified atom stereocenters. The number of rotatable bonds is 13.